The van der Waals surface area contributed by atoms with Gasteiger partial charge in [-0.2, -0.15) is 5.10 Å². The average Bonchev–Trinajstić information content (AvgIpc) is 2.62. The molecule has 0 saturated carbocycles. The summed E-state index contributed by atoms with van der Waals surface area (Å²) in [6.45, 7) is 5.21. The number of nitrogens with one attached hydrogen (secondary N) is 2. The van der Waals surface area contributed by atoms with Crippen molar-refractivity contribution >= 4 is 15.8 Å². The second-order valence-corrected chi connectivity index (χ2v) is 7.37. The fraction of sp³-hybridized carbons (Fsp3) is 0.692. The van der Waals surface area contributed by atoms with Crippen LogP contribution in [0.3, 0.4) is 0 Å². The molecule has 0 aromatic carbocycles. The maximum absolute atomic E-state index is 11.1. The topological polar surface area (TPSA) is 88.4 Å². The molecule has 7 nitrogen and oxygen atoms in total. The van der Waals surface area contributed by atoms with Gasteiger partial charge in [0.15, 0.2) is 5.96 Å². The highest BCUT2D eigenvalue weighted by atomic mass is 32.2. The van der Waals surface area contributed by atoms with Crippen LogP contribution in [0.1, 0.15) is 23.4 Å². The summed E-state index contributed by atoms with van der Waals surface area (Å²) in [7, 11) is 0.706. The third-order valence-corrected chi connectivity index (χ3v) is 4.33. The molecule has 0 aliphatic rings. The van der Waals surface area contributed by atoms with Crippen LogP contribution in [0.5, 0.6) is 0 Å². The van der Waals surface area contributed by atoms with Crippen LogP contribution in [0.15, 0.2) is 4.99 Å². The van der Waals surface area contributed by atoms with E-state index in [9.17, 15) is 8.42 Å². The van der Waals surface area contributed by atoms with Gasteiger partial charge in [-0.25, -0.2) is 8.42 Å². The predicted molar refractivity (Wildman–Crippen MR) is 85.2 cm³/mol. The summed E-state index contributed by atoms with van der Waals surface area (Å²) in [6.07, 6.45) is 1.80. The number of sulfone groups is 1. The molecule has 2 N–H and O–H groups in total. The predicted octanol–water partition coefficient (Wildman–Crippen LogP) is 0.137. The molecule has 1 aromatic heterocycles. The molecule has 0 aliphatic carbocycles. The Morgan fingerprint density at radius 3 is 2.48 bits per heavy atom. The Kier molecular flexibility index (Phi) is 6.19. The van der Waals surface area contributed by atoms with Crippen molar-refractivity contribution in [2.75, 3.05) is 25.6 Å². The lowest BCUT2D eigenvalue weighted by atomic mass is 10.2. The minimum atomic E-state index is -2.90. The van der Waals surface area contributed by atoms with Crippen molar-refractivity contribution in [3.8, 4) is 0 Å². The summed E-state index contributed by atoms with van der Waals surface area (Å²) in [6, 6.07) is 0. The maximum Gasteiger partial charge on any atom is 0.191 e. The van der Waals surface area contributed by atoms with E-state index in [0.717, 1.165) is 17.0 Å². The summed E-state index contributed by atoms with van der Waals surface area (Å²) in [5.41, 5.74) is 3.26. The van der Waals surface area contributed by atoms with Crippen LogP contribution >= 0.6 is 0 Å². The van der Waals surface area contributed by atoms with Gasteiger partial charge in [0.25, 0.3) is 0 Å². The van der Waals surface area contributed by atoms with Gasteiger partial charge in [-0.1, -0.05) is 0 Å². The van der Waals surface area contributed by atoms with Gasteiger partial charge in [0.2, 0.25) is 0 Å². The van der Waals surface area contributed by atoms with Gasteiger partial charge in [-0.05, 0) is 20.3 Å². The van der Waals surface area contributed by atoms with Crippen LogP contribution in [-0.2, 0) is 23.4 Å². The second-order valence-electron chi connectivity index (χ2n) is 5.11. The SMILES string of the molecule is CN=C(NCCCS(C)(=O)=O)NCc1c(C)nn(C)c1C. The number of rotatable bonds is 6. The largest absolute Gasteiger partial charge is 0.356 e. The van der Waals surface area contributed by atoms with Crippen molar-refractivity contribution in [3.05, 3.63) is 17.0 Å². The van der Waals surface area contributed by atoms with Crippen LogP contribution in [0, 0.1) is 13.8 Å². The van der Waals surface area contributed by atoms with Crippen molar-refractivity contribution in [2.24, 2.45) is 12.0 Å². The highest BCUT2D eigenvalue weighted by Crippen LogP contribution is 2.10. The van der Waals surface area contributed by atoms with Crippen molar-refractivity contribution in [1.29, 1.82) is 0 Å². The van der Waals surface area contributed by atoms with Gasteiger partial charge < -0.3 is 10.6 Å². The standard InChI is InChI=1S/C13H25N5O2S/c1-10-12(11(2)18(4)17-10)9-16-13(14-3)15-7-6-8-21(5,19)20/h6-9H2,1-5H3,(H2,14,15,16). The van der Waals surface area contributed by atoms with E-state index in [2.05, 4.69) is 20.7 Å². The Morgan fingerprint density at radius 2 is 2.00 bits per heavy atom. The number of hydrogen-bond donors (Lipinski definition) is 2. The zero-order valence-electron chi connectivity index (χ0n) is 13.4. The Bertz CT molecular complexity index is 604. The summed E-state index contributed by atoms with van der Waals surface area (Å²) in [5.74, 6) is 0.837. The van der Waals surface area contributed by atoms with Gasteiger partial charge in [0.1, 0.15) is 9.84 Å². The number of aromatic nitrogens is 2. The first kappa shape index (κ1) is 17.5. The zero-order valence-corrected chi connectivity index (χ0v) is 14.2. The molecule has 0 bridgehead atoms. The summed E-state index contributed by atoms with van der Waals surface area (Å²) >= 11 is 0. The van der Waals surface area contributed by atoms with Gasteiger partial charge >= 0.3 is 0 Å². The molecule has 8 heteroatoms. The molecular weight excluding hydrogens is 290 g/mol. The van der Waals surface area contributed by atoms with Crippen molar-refractivity contribution in [2.45, 2.75) is 26.8 Å². The molecule has 0 radical (unpaired) electrons. The monoisotopic (exact) mass is 315 g/mol. The number of hydrogen-bond acceptors (Lipinski definition) is 4. The normalized spacial score (nSPS) is 12.5. The minimum Gasteiger partial charge on any atom is -0.356 e. The van der Waals surface area contributed by atoms with E-state index in [1.54, 1.807) is 7.05 Å². The van der Waals surface area contributed by atoms with Crippen LogP contribution < -0.4 is 10.6 Å². The first-order chi connectivity index (χ1) is 9.74. The number of aliphatic imine (C=N–C) groups is 1. The van der Waals surface area contributed by atoms with Crippen molar-refractivity contribution < 1.29 is 8.42 Å². The number of guanidine groups is 1. The fourth-order valence-corrected chi connectivity index (χ4v) is 2.68. The van der Waals surface area contributed by atoms with E-state index in [1.807, 2.05) is 25.6 Å². The quantitative estimate of drug-likeness (QED) is 0.443. The molecule has 21 heavy (non-hydrogen) atoms. The van der Waals surface area contributed by atoms with E-state index in [1.165, 1.54) is 6.26 Å². The lowest BCUT2D eigenvalue weighted by Gasteiger charge is -2.12. The minimum absolute atomic E-state index is 0.178. The Hall–Kier alpha value is -1.57. The molecule has 0 amide bonds. The molecule has 0 aliphatic heterocycles. The zero-order chi connectivity index (χ0) is 16.0. The van der Waals surface area contributed by atoms with Gasteiger partial charge in [-0.15, -0.1) is 0 Å². The number of aryl methyl sites for hydroxylation is 2. The van der Waals surface area contributed by atoms with Crippen LogP contribution in [0.4, 0.5) is 0 Å². The molecule has 0 fully saturated rings. The third kappa shape index (κ3) is 5.74. The highest BCUT2D eigenvalue weighted by molar-refractivity contribution is 7.90. The molecule has 0 unspecified atom stereocenters. The lowest BCUT2D eigenvalue weighted by molar-refractivity contribution is 0.598. The lowest BCUT2D eigenvalue weighted by Crippen LogP contribution is -2.37. The van der Waals surface area contributed by atoms with E-state index in [4.69, 9.17) is 0 Å². The third-order valence-electron chi connectivity index (χ3n) is 3.30. The first-order valence-corrected chi connectivity index (χ1v) is 8.92. The van der Waals surface area contributed by atoms with Crippen molar-refractivity contribution in [3.63, 3.8) is 0 Å². The second kappa shape index (κ2) is 7.44. The Balaban J connectivity index is 2.45. The molecule has 1 aromatic rings. The van der Waals surface area contributed by atoms with Gasteiger partial charge in [-0.3, -0.25) is 9.67 Å². The van der Waals surface area contributed by atoms with E-state index in [-0.39, 0.29) is 5.75 Å². The highest BCUT2D eigenvalue weighted by Gasteiger charge is 2.09. The molecule has 1 heterocycles. The smallest absolute Gasteiger partial charge is 0.191 e. The molecular formula is C13H25N5O2S. The fourth-order valence-electron chi connectivity index (χ4n) is 2.01. The molecule has 0 atom stereocenters. The Labute approximate surface area is 126 Å². The molecule has 1 rings (SSSR count). The summed E-state index contributed by atoms with van der Waals surface area (Å²) in [4.78, 5) is 4.12. The molecule has 120 valence electrons. The van der Waals surface area contributed by atoms with Gasteiger partial charge in [0, 0.05) is 44.7 Å². The molecule has 0 spiro atoms. The number of nitrogens with zero attached hydrogens (tertiary/aromatic N) is 3. The van der Waals surface area contributed by atoms with Crippen molar-refractivity contribution in [1.82, 2.24) is 20.4 Å². The van der Waals surface area contributed by atoms with Gasteiger partial charge in [0.05, 0.1) is 11.4 Å². The van der Waals surface area contributed by atoms with E-state index >= 15 is 0 Å². The van der Waals surface area contributed by atoms with Crippen LogP contribution in [0.25, 0.3) is 0 Å². The average molecular weight is 315 g/mol. The summed E-state index contributed by atoms with van der Waals surface area (Å²) < 4.78 is 24.0. The maximum atomic E-state index is 11.1. The summed E-state index contributed by atoms with van der Waals surface area (Å²) in [5, 5.41) is 10.7. The Morgan fingerprint density at radius 1 is 1.33 bits per heavy atom. The molecule has 0 saturated heterocycles. The van der Waals surface area contributed by atoms with E-state index < -0.39 is 9.84 Å². The first-order valence-electron chi connectivity index (χ1n) is 6.86. The van der Waals surface area contributed by atoms with E-state index in [0.29, 0.717) is 25.5 Å². The van der Waals surface area contributed by atoms with Crippen LogP contribution in [-0.4, -0.2) is 49.8 Å². The van der Waals surface area contributed by atoms with Crippen LogP contribution in [0.2, 0.25) is 0 Å².